The smallest absolute Gasteiger partial charge is 0.340 e. The van der Waals surface area contributed by atoms with Crippen molar-refractivity contribution < 1.29 is 22.8 Å². The number of hydrogen-bond acceptors (Lipinski definition) is 7. The van der Waals surface area contributed by atoms with Crippen LogP contribution < -0.4 is 10.6 Å². The topological polar surface area (TPSA) is 94.5 Å². The van der Waals surface area contributed by atoms with E-state index in [1.807, 2.05) is 11.0 Å². The van der Waals surface area contributed by atoms with Crippen molar-refractivity contribution in [2.24, 2.45) is 5.73 Å². The molecule has 3 aromatic rings. The molecule has 1 fully saturated rings. The average molecular weight is 428 g/mol. The highest BCUT2D eigenvalue weighted by atomic mass is 19.2. The zero-order chi connectivity index (χ0) is 22.2. The number of anilines is 1. The number of nitrogens with two attached hydrogens (primary N) is 1. The molecule has 0 bridgehead atoms. The summed E-state index contributed by atoms with van der Waals surface area (Å²) >= 11 is 0. The second-order valence-electron chi connectivity index (χ2n) is 7.71. The molecule has 2 N–H and O–H groups in total. The van der Waals surface area contributed by atoms with Gasteiger partial charge in [0, 0.05) is 24.7 Å². The van der Waals surface area contributed by atoms with Crippen LogP contribution in [0.1, 0.15) is 34.7 Å². The molecule has 3 heterocycles. The van der Waals surface area contributed by atoms with E-state index in [2.05, 4.69) is 10.1 Å². The van der Waals surface area contributed by atoms with Gasteiger partial charge >= 0.3 is 5.97 Å². The first kappa shape index (κ1) is 20.9. The molecular weight excluding hydrogens is 406 g/mol. The molecule has 0 aliphatic carbocycles. The number of halogens is 2. The number of rotatable bonds is 4. The van der Waals surface area contributed by atoms with Gasteiger partial charge in [0.15, 0.2) is 11.6 Å². The van der Waals surface area contributed by atoms with E-state index in [-0.39, 0.29) is 5.56 Å². The fourth-order valence-corrected chi connectivity index (χ4v) is 3.89. The van der Waals surface area contributed by atoms with Crippen molar-refractivity contribution in [1.82, 2.24) is 10.1 Å². The molecule has 1 aliphatic heterocycles. The van der Waals surface area contributed by atoms with E-state index in [9.17, 15) is 13.6 Å². The van der Waals surface area contributed by atoms with Gasteiger partial charge in [-0.25, -0.2) is 13.6 Å². The van der Waals surface area contributed by atoms with Crippen molar-refractivity contribution in [1.29, 1.82) is 0 Å². The highest BCUT2D eigenvalue weighted by Crippen LogP contribution is 2.34. The van der Waals surface area contributed by atoms with Crippen LogP contribution in [0.15, 0.2) is 41.1 Å². The first-order chi connectivity index (χ1) is 14.8. The predicted molar refractivity (Wildman–Crippen MR) is 109 cm³/mol. The lowest BCUT2D eigenvalue weighted by molar-refractivity contribution is 0.0601. The van der Waals surface area contributed by atoms with E-state index in [0.29, 0.717) is 47.9 Å². The van der Waals surface area contributed by atoms with Crippen molar-refractivity contribution in [2.45, 2.75) is 25.3 Å². The standard InChI is InChI=1S/C22H22F2N4O3/c1-13-8-20(27-31-13)22(25)6-3-7-28(12-22)19-11-26-18(10-15(19)21(29)30-2)14-4-5-16(23)17(24)9-14/h4-5,8-11H,3,6-7,12,25H2,1-2H3. The molecule has 1 aromatic carbocycles. The normalized spacial score (nSPS) is 18.8. The minimum atomic E-state index is -0.991. The minimum Gasteiger partial charge on any atom is -0.465 e. The largest absolute Gasteiger partial charge is 0.465 e. The molecule has 0 radical (unpaired) electrons. The lowest BCUT2D eigenvalue weighted by Crippen LogP contribution is -2.52. The number of benzene rings is 1. The average Bonchev–Trinajstić information content (AvgIpc) is 3.22. The number of ether oxygens (including phenoxy) is 1. The summed E-state index contributed by atoms with van der Waals surface area (Å²) in [7, 11) is 1.28. The summed E-state index contributed by atoms with van der Waals surface area (Å²) < 4.78 is 37.1. The molecule has 7 nitrogen and oxygen atoms in total. The number of piperidine rings is 1. The summed E-state index contributed by atoms with van der Waals surface area (Å²) in [5.74, 6) is -1.84. The SMILES string of the molecule is COC(=O)c1cc(-c2ccc(F)c(F)c2)ncc1N1CCCC(N)(c2cc(C)on2)C1. The van der Waals surface area contributed by atoms with Crippen LogP contribution in [-0.4, -0.2) is 36.3 Å². The van der Waals surface area contributed by atoms with Crippen molar-refractivity contribution in [3.05, 3.63) is 65.2 Å². The maximum atomic E-state index is 13.7. The number of carbonyl (C=O) groups is 1. The number of hydrogen-bond donors (Lipinski definition) is 1. The number of aromatic nitrogens is 2. The molecule has 0 spiro atoms. The summed E-state index contributed by atoms with van der Waals surface area (Å²) in [4.78, 5) is 18.9. The van der Waals surface area contributed by atoms with E-state index in [1.54, 1.807) is 6.92 Å². The third-order valence-corrected chi connectivity index (χ3v) is 5.51. The van der Waals surface area contributed by atoms with Crippen LogP contribution in [0.2, 0.25) is 0 Å². The van der Waals surface area contributed by atoms with Crippen LogP contribution >= 0.6 is 0 Å². The van der Waals surface area contributed by atoms with Crippen molar-refractivity contribution in [3.8, 4) is 11.3 Å². The van der Waals surface area contributed by atoms with Gasteiger partial charge in [-0.2, -0.15) is 0 Å². The Hall–Kier alpha value is -3.33. The Morgan fingerprint density at radius 1 is 1.26 bits per heavy atom. The molecule has 1 unspecified atom stereocenters. The Labute approximate surface area is 177 Å². The van der Waals surface area contributed by atoms with Gasteiger partial charge < -0.3 is 19.9 Å². The Morgan fingerprint density at radius 2 is 2.06 bits per heavy atom. The highest BCUT2D eigenvalue weighted by molar-refractivity contribution is 5.97. The Kier molecular flexibility index (Phi) is 5.45. The summed E-state index contributed by atoms with van der Waals surface area (Å²) in [6.45, 7) is 2.86. The fourth-order valence-electron chi connectivity index (χ4n) is 3.89. The van der Waals surface area contributed by atoms with Crippen molar-refractivity contribution in [3.63, 3.8) is 0 Å². The van der Waals surface area contributed by atoms with Crippen LogP contribution in [-0.2, 0) is 10.3 Å². The van der Waals surface area contributed by atoms with Crippen LogP contribution in [0.3, 0.4) is 0 Å². The molecule has 9 heteroatoms. The number of carbonyl (C=O) groups excluding carboxylic acids is 1. The Morgan fingerprint density at radius 3 is 2.74 bits per heavy atom. The molecule has 0 amide bonds. The van der Waals surface area contributed by atoms with Gasteiger partial charge in [0.2, 0.25) is 0 Å². The third kappa shape index (κ3) is 4.00. The molecule has 1 atom stereocenters. The predicted octanol–water partition coefficient (Wildman–Crippen LogP) is 3.56. The number of methoxy groups -OCH3 is 1. The number of pyridine rings is 1. The summed E-state index contributed by atoms with van der Waals surface area (Å²) in [5, 5.41) is 4.08. The second-order valence-corrected chi connectivity index (χ2v) is 7.71. The number of nitrogens with zero attached hydrogens (tertiary/aromatic N) is 3. The first-order valence-electron chi connectivity index (χ1n) is 9.82. The number of aryl methyl sites for hydroxylation is 1. The van der Waals surface area contributed by atoms with Crippen molar-refractivity contribution in [2.75, 3.05) is 25.1 Å². The van der Waals surface area contributed by atoms with Gasteiger partial charge in [-0.15, -0.1) is 0 Å². The summed E-state index contributed by atoms with van der Waals surface area (Å²) in [6, 6.07) is 6.79. The van der Waals surface area contributed by atoms with E-state index >= 15 is 0 Å². The second kappa shape index (κ2) is 8.07. The fraction of sp³-hybridized carbons (Fsp3) is 0.318. The lowest BCUT2D eigenvalue weighted by atomic mass is 9.86. The molecular formula is C22H22F2N4O3. The molecule has 162 valence electrons. The first-order valence-corrected chi connectivity index (χ1v) is 9.82. The molecule has 31 heavy (non-hydrogen) atoms. The van der Waals surface area contributed by atoms with Crippen LogP contribution in [0, 0.1) is 18.6 Å². The van der Waals surface area contributed by atoms with E-state index < -0.39 is 23.1 Å². The summed E-state index contributed by atoms with van der Waals surface area (Å²) in [6.07, 6.45) is 3.01. The van der Waals surface area contributed by atoms with Crippen molar-refractivity contribution >= 4 is 11.7 Å². The van der Waals surface area contributed by atoms with Crippen LogP contribution in [0.5, 0.6) is 0 Å². The van der Waals surface area contributed by atoms with Gasteiger partial charge in [-0.05, 0) is 44.0 Å². The Balaban J connectivity index is 1.71. The van der Waals surface area contributed by atoms with Crippen LogP contribution in [0.4, 0.5) is 14.5 Å². The molecule has 0 saturated carbocycles. The third-order valence-electron chi connectivity index (χ3n) is 5.51. The minimum absolute atomic E-state index is 0.262. The zero-order valence-electron chi connectivity index (χ0n) is 17.2. The van der Waals surface area contributed by atoms with Gasteiger partial charge in [-0.3, -0.25) is 4.98 Å². The van der Waals surface area contributed by atoms with Gasteiger partial charge in [0.1, 0.15) is 11.5 Å². The zero-order valence-corrected chi connectivity index (χ0v) is 17.2. The molecule has 2 aromatic heterocycles. The molecule has 4 rings (SSSR count). The van der Waals surface area contributed by atoms with E-state index in [1.165, 1.54) is 25.4 Å². The van der Waals surface area contributed by atoms with Gasteiger partial charge in [-0.1, -0.05) is 5.16 Å². The maximum absolute atomic E-state index is 13.7. The lowest BCUT2D eigenvalue weighted by Gasteiger charge is -2.40. The van der Waals surface area contributed by atoms with E-state index in [0.717, 1.165) is 18.6 Å². The highest BCUT2D eigenvalue weighted by Gasteiger charge is 2.37. The Bertz CT molecular complexity index is 1130. The molecule has 1 aliphatic rings. The van der Waals surface area contributed by atoms with Crippen LogP contribution in [0.25, 0.3) is 11.3 Å². The quantitative estimate of drug-likeness (QED) is 0.635. The monoisotopic (exact) mass is 428 g/mol. The molecule has 1 saturated heterocycles. The number of esters is 1. The van der Waals surface area contributed by atoms with E-state index in [4.69, 9.17) is 15.0 Å². The van der Waals surface area contributed by atoms with Gasteiger partial charge in [0.25, 0.3) is 0 Å². The summed E-state index contributed by atoms with van der Waals surface area (Å²) in [5.41, 5.74) is 8.04. The maximum Gasteiger partial charge on any atom is 0.340 e. The van der Waals surface area contributed by atoms with Gasteiger partial charge in [0.05, 0.1) is 35.8 Å².